The number of nitrogens with zero attached hydrogens (tertiary/aromatic N) is 2. The fraction of sp³-hybridized carbons (Fsp3) is 0.652. The molecule has 3 aliphatic rings. The summed E-state index contributed by atoms with van der Waals surface area (Å²) >= 11 is 0. The van der Waals surface area contributed by atoms with Crippen molar-refractivity contribution in [1.82, 2.24) is 15.1 Å². The van der Waals surface area contributed by atoms with E-state index in [9.17, 15) is 9.59 Å². The maximum absolute atomic E-state index is 12.8. The molecule has 2 amide bonds. The molecular weight excluding hydrogens is 366 g/mol. The van der Waals surface area contributed by atoms with E-state index >= 15 is 0 Å². The van der Waals surface area contributed by atoms with Crippen molar-refractivity contribution in [2.24, 2.45) is 5.92 Å². The van der Waals surface area contributed by atoms with Crippen LogP contribution in [0.4, 0.5) is 0 Å². The minimum absolute atomic E-state index is 0.0876. The molecule has 3 fully saturated rings. The molecule has 6 nitrogen and oxygen atoms in total. The summed E-state index contributed by atoms with van der Waals surface area (Å²) in [6.45, 7) is 3.93. The van der Waals surface area contributed by atoms with Gasteiger partial charge in [0, 0.05) is 32.8 Å². The van der Waals surface area contributed by atoms with Gasteiger partial charge in [-0.25, -0.2) is 0 Å². The standard InChI is InChI=1S/C23H33N3O3/c27-21(24-22(19-9-4-5-10-19)18-7-2-1-3-8-18)17-25-12-14-26(15-13-25)23(28)20-11-6-16-29-20/h1-3,7-8,19-20,22H,4-6,9-17H2,(H,24,27). The van der Waals surface area contributed by atoms with Crippen LogP contribution in [-0.4, -0.2) is 67.0 Å². The van der Waals surface area contributed by atoms with Crippen molar-refractivity contribution in [2.45, 2.75) is 50.7 Å². The van der Waals surface area contributed by atoms with Gasteiger partial charge in [0.25, 0.3) is 5.91 Å². The van der Waals surface area contributed by atoms with Crippen LogP contribution in [0, 0.1) is 5.92 Å². The van der Waals surface area contributed by atoms with Gasteiger partial charge in [-0.05, 0) is 37.2 Å². The fourth-order valence-electron chi connectivity index (χ4n) is 4.95. The highest BCUT2D eigenvalue weighted by atomic mass is 16.5. The number of carbonyl (C=O) groups is 2. The van der Waals surface area contributed by atoms with Gasteiger partial charge in [-0.2, -0.15) is 0 Å². The highest BCUT2D eigenvalue weighted by Crippen LogP contribution is 2.35. The quantitative estimate of drug-likeness (QED) is 0.798. The fourth-order valence-corrected chi connectivity index (χ4v) is 4.95. The van der Waals surface area contributed by atoms with Gasteiger partial charge >= 0.3 is 0 Å². The number of ether oxygens (including phenoxy) is 1. The minimum atomic E-state index is -0.247. The number of piperazine rings is 1. The average molecular weight is 400 g/mol. The lowest BCUT2D eigenvalue weighted by atomic mass is 9.91. The molecule has 158 valence electrons. The van der Waals surface area contributed by atoms with Gasteiger partial charge in [0.2, 0.25) is 5.91 Å². The monoisotopic (exact) mass is 399 g/mol. The van der Waals surface area contributed by atoms with Crippen LogP contribution in [0.2, 0.25) is 0 Å². The van der Waals surface area contributed by atoms with Crippen molar-refractivity contribution in [1.29, 1.82) is 0 Å². The molecule has 1 aliphatic carbocycles. The molecule has 0 spiro atoms. The van der Waals surface area contributed by atoms with E-state index in [2.05, 4.69) is 22.3 Å². The summed E-state index contributed by atoms with van der Waals surface area (Å²) in [5.74, 6) is 0.740. The summed E-state index contributed by atoms with van der Waals surface area (Å²) in [6.07, 6.45) is 6.44. The van der Waals surface area contributed by atoms with Gasteiger partial charge in [0.15, 0.2) is 0 Å². The lowest BCUT2D eigenvalue weighted by molar-refractivity contribution is -0.142. The van der Waals surface area contributed by atoms with E-state index in [-0.39, 0.29) is 24.0 Å². The van der Waals surface area contributed by atoms with Crippen molar-refractivity contribution in [3.63, 3.8) is 0 Å². The van der Waals surface area contributed by atoms with Crippen LogP contribution < -0.4 is 5.32 Å². The molecule has 6 heteroatoms. The Balaban J connectivity index is 1.28. The zero-order valence-corrected chi connectivity index (χ0v) is 17.2. The number of nitrogens with one attached hydrogen (secondary N) is 1. The molecule has 2 unspecified atom stereocenters. The third-order valence-corrected chi connectivity index (χ3v) is 6.60. The highest BCUT2D eigenvalue weighted by Gasteiger charge is 2.31. The van der Waals surface area contributed by atoms with E-state index in [4.69, 9.17) is 4.74 Å². The van der Waals surface area contributed by atoms with Crippen LogP contribution >= 0.6 is 0 Å². The van der Waals surface area contributed by atoms with E-state index in [1.807, 2.05) is 23.1 Å². The molecule has 2 heterocycles. The van der Waals surface area contributed by atoms with Gasteiger partial charge in [0.1, 0.15) is 6.10 Å². The normalized spacial score (nSPS) is 24.6. The molecule has 29 heavy (non-hydrogen) atoms. The molecule has 2 saturated heterocycles. The Morgan fingerprint density at radius 3 is 2.38 bits per heavy atom. The predicted octanol–water partition coefficient (Wildman–Crippen LogP) is 2.36. The van der Waals surface area contributed by atoms with E-state index in [1.165, 1.54) is 31.2 Å². The molecule has 1 aromatic carbocycles. The lowest BCUT2D eigenvalue weighted by Gasteiger charge is -2.35. The van der Waals surface area contributed by atoms with Gasteiger partial charge < -0.3 is 15.0 Å². The second-order valence-corrected chi connectivity index (χ2v) is 8.60. The van der Waals surface area contributed by atoms with E-state index in [0.29, 0.717) is 32.2 Å². The molecule has 2 atom stereocenters. The van der Waals surface area contributed by atoms with Crippen molar-refractivity contribution >= 4 is 11.8 Å². The van der Waals surface area contributed by atoms with Gasteiger partial charge in [0.05, 0.1) is 12.6 Å². The number of hydrogen-bond donors (Lipinski definition) is 1. The first-order valence-electron chi connectivity index (χ1n) is 11.2. The maximum Gasteiger partial charge on any atom is 0.251 e. The van der Waals surface area contributed by atoms with Crippen molar-refractivity contribution in [2.75, 3.05) is 39.3 Å². The summed E-state index contributed by atoms with van der Waals surface area (Å²) < 4.78 is 5.52. The molecule has 4 rings (SSSR count). The summed E-state index contributed by atoms with van der Waals surface area (Å²) in [5, 5.41) is 3.32. The van der Waals surface area contributed by atoms with Crippen LogP contribution in [0.1, 0.15) is 50.1 Å². The third kappa shape index (κ3) is 5.17. The SMILES string of the molecule is O=C(CN1CCN(C(=O)C2CCCO2)CC1)NC(c1ccccc1)C1CCCC1. The first-order chi connectivity index (χ1) is 14.2. The molecule has 0 aromatic heterocycles. The number of hydrogen-bond acceptors (Lipinski definition) is 4. The Morgan fingerprint density at radius 1 is 1.00 bits per heavy atom. The van der Waals surface area contributed by atoms with Crippen LogP contribution in [-0.2, 0) is 14.3 Å². The molecule has 2 aliphatic heterocycles. The van der Waals surface area contributed by atoms with Crippen molar-refractivity contribution in [3.8, 4) is 0 Å². The molecular formula is C23H33N3O3. The smallest absolute Gasteiger partial charge is 0.251 e. The Bertz CT molecular complexity index is 676. The van der Waals surface area contributed by atoms with E-state index in [1.54, 1.807) is 0 Å². The molecule has 0 radical (unpaired) electrons. The average Bonchev–Trinajstić information content (AvgIpc) is 3.47. The molecule has 1 N–H and O–H groups in total. The Kier molecular flexibility index (Phi) is 6.82. The van der Waals surface area contributed by atoms with Crippen LogP contribution in [0.5, 0.6) is 0 Å². The summed E-state index contributed by atoms with van der Waals surface area (Å²) in [4.78, 5) is 29.4. The maximum atomic E-state index is 12.8. The van der Waals surface area contributed by atoms with Crippen LogP contribution in [0.3, 0.4) is 0 Å². The second-order valence-electron chi connectivity index (χ2n) is 8.60. The van der Waals surface area contributed by atoms with Gasteiger partial charge in [-0.3, -0.25) is 14.5 Å². The topological polar surface area (TPSA) is 61.9 Å². The van der Waals surface area contributed by atoms with Crippen LogP contribution in [0.15, 0.2) is 30.3 Å². The van der Waals surface area contributed by atoms with Crippen molar-refractivity contribution in [3.05, 3.63) is 35.9 Å². The minimum Gasteiger partial charge on any atom is -0.368 e. The predicted molar refractivity (Wildman–Crippen MR) is 111 cm³/mol. The first kappa shape index (κ1) is 20.4. The number of carbonyl (C=O) groups excluding carboxylic acids is 2. The van der Waals surface area contributed by atoms with E-state index in [0.717, 1.165) is 25.9 Å². The Labute approximate surface area is 173 Å². The first-order valence-corrected chi connectivity index (χ1v) is 11.2. The number of rotatable bonds is 6. The highest BCUT2D eigenvalue weighted by molar-refractivity contribution is 5.81. The van der Waals surface area contributed by atoms with Crippen molar-refractivity contribution < 1.29 is 14.3 Å². The zero-order chi connectivity index (χ0) is 20.1. The second kappa shape index (κ2) is 9.72. The molecule has 0 bridgehead atoms. The number of benzene rings is 1. The van der Waals surface area contributed by atoms with E-state index < -0.39 is 0 Å². The van der Waals surface area contributed by atoms with Gasteiger partial charge in [-0.1, -0.05) is 43.2 Å². The summed E-state index contributed by atoms with van der Waals surface area (Å²) in [5.41, 5.74) is 1.21. The third-order valence-electron chi connectivity index (χ3n) is 6.60. The zero-order valence-electron chi connectivity index (χ0n) is 17.2. The van der Waals surface area contributed by atoms with Gasteiger partial charge in [-0.15, -0.1) is 0 Å². The number of amides is 2. The summed E-state index contributed by atoms with van der Waals surface area (Å²) in [7, 11) is 0. The Morgan fingerprint density at radius 2 is 1.72 bits per heavy atom. The lowest BCUT2D eigenvalue weighted by Crippen LogP contribution is -2.53. The molecule has 1 aromatic rings. The largest absolute Gasteiger partial charge is 0.368 e. The molecule has 1 saturated carbocycles. The summed E-state index contributed by atoms with van der Waals surface area (Å²) in [6, 6.07) is 10.5. The van der Waals surface area contributed by atoms with Crippen LogP contribution in [0.25, 0.3) is 0 Å². The Hall–Kier alpha value is -1.92.